The zero-order chi connectivity index (χ0) is 11.4. The maximum absolute atomic E-state index is 13.0. The topological polar surface area (TPSA) is 50.7 Å². The van der Waals surface area contributed by atoms with Gasteiger partial charge in [-0.1, -0.05) is 21.7 Å². The van der Waals surface area contributed by atoms with Crippen LogP contribution in [-0.2, 0) is 6.42 Å². The SMILES string of the molecule is Cc1cc(CCNc2nnns2)ccc1F. The molecule has 0 aliphatic heterocycles. The van der Waals surface area contributed by atoms with Crippen LogP contribution >= 0.6 is 11.5 Å². The molecule has 0 fully saturated rings. The van der Waals surface area contributed by atoms with Gasteiger partial charge in [-0.15, -0.1) is 0 Å². The second-order valence-electron chi connectivity index (χ2n) is 3.43. The number of nitrogens with zero attached hydrogens (tertiary/aromatic N) is 3. The summed E-state index contributed by atoms with van der Waals surface area (Å²) in [4.78, 5) is 0. The number of nitrogens with one attached hydrogen (secondary N) is 1. The molecule has 0 spiro atoms. The number of aryl methyl sites for hydroxylation is 1. The Kier molecular flexibility index (Phi) is 3.40. The molecule has 0 radical (unpaired) electrons. The number of rotatable bonds is 4. The summed E-state index contributed by atoms with van der Waals surface area (Å²) in [6.45, 7) is 2.50. The van der Waals surface area contributed by atoms with E-state index in [0.29, 0.717) is 10.7 Å². The van der Waals surface area contributed by atoms with Crippen molar-refractivity contribution in [2.24, 2.45) is 0 Å². The van der Waals surface area contributed by atoms with Crippen LogP contribution in [-0.4, -0.2) is 21.3 Å². The van der Waals surface area contributed by atoms with Crippen LogP contribution in [0.25, 0.3) is 0 Å². The highest BCUT2D eigenvalue weighted by atomic mass is 32.1. The summed E-state index contributed by atoms with van der Waals surface area (Å²) in [6.07, 6.45) is 0.820. The molecule has 1 aromatic carbocycles. The molecule has 2 rings (SSSR count). The molecule has 16 heavy (non-hydrogen) atoms. The van der Waals surface area contributed by atoms with Gasteiger partial charge in [-0.25, -0.2) is 4.39 Å². The van der Waals surface area contributed by atoms with E-state index in [1.54, 1.807) is 13.0 Å². The van der Waals surface area contributed by atoms with E-state index in [-0.39, 0.29) is 5.82 Å². The lowest BCUT2D eigenvalue weighted by Gasteiger charge is -2.04. The monoisotopic (exact) mass is 238 g/mol. The van der Waals surface area contributed by atoms with Gasteiger partial charge in [-0.05, 0) is 35.8 Å². The Bertz CT molecular complexity index is 458. The summed E-state index contributed by atoms with van der Waals surface area (Å²) < 4.78 is 16.6. The van der Waals surface area contributed by atoms with Crippen LogP contribution in [0.5, 0.6) is 0 Å². The van der Waals surface area contributed by atoms with Gasteiger partial charge in [0.15, 0.2) is 0 Å². The van der Waals surface area contributed by atoms with Gasteiger partial charge in [0.05, 0.1) is 0 Å². The highest BCUT2D eigenvalue weighted by Crippen LogP contribution is 2.10. The maximum atomic E-state index is 13.0. The Morgan fingerprint density at radius 3 is 3.00 bits per heavy atom. The highest BCUT2D eigenvalue weighted by molar-refractivity contribution is 7.09. The van der Waals surface area contributed by atoms with Crippen LogP contribution in [0.1, 0.15) is 11.1 Å². The van der Waals surface area contributed by atoms with Gasteiger partial charge in [0.1, 0.15) is 5.82 Å². The molecule has 6 heteroatoms. The molecule has 0 aliphatic rings. The molecular formula is C10H11FN4S. The van der Waals surface area contributed by atoms with E-state index in [4.69, 9.17) is 0 Å². The van der Waals surface area contributed by atoms with E-state index < -0.39 is 0 Å². The van der Waals surface area contributed by atoms with Crippen LogP contribution in [0.3, 0.4) is 0 Å². The third kappa shape index (κ3) is 2.73. The van der Waals surface area contributed by atoms with E-state index >= 15 is 0 Å². The van der Waals surface area contributed by atoms with Crippen molar-refractivity contribution in [3.8, 4) is 0 Å². The van der Waals surface area contributed by atoms with Gasteiger partial charge in [0, 0.05) is 18.1 Å². The van der Waals surface area contributed by atoms with Crippen molar-refractivity contribution < 1.29 is 4.39 Å². The standard InChI is InChI=1S/C10H11FN4S/c1-7-6-8(2-3-9(7)11)4-5-12-10-13-14-15-16-10/h2-3,6H,4-5H2,1H3,(H,12,13,15). The molecule has 0 saturated carbocycles. The van der Waals surface area contributed by atoms with Gasteiger partial charge in [0.2, 0.25) is 5.13 Å². The van der Waals surface area contributed by atoms with Crippen LogP contribution in [0.15, 0.2) is 18.2 Å². The van der Waals surface area contributed by atoms with E-state index in [2.05, 4.69) is 20.1 Å². The summed E-state index contributed by atoms with van der Waals surface area (Å²) in [6, 6.07) is 5.15. The van der Waals surface area contributed by atoms with Gasteiger partial charge >= 0.3 is 0 Å². The summed E-state index contributed by atoms with van der Waals surface area (Å²) in [5.41, 5.74) is 1.78. The molecule has 4 nitrogen and oxygen atoms in total. The van der Waals surface area contributed by atoms with Crippen molar-refractivity contribution in [2.75, 3.05) is 11.9 Å². The van der Waals surface area contributed by atoms with Crippen LogP contribution in [0, 0.1) is 12.7 Å². The average Bonchev–Trinajstić information content (AvgIpc) is 2.76. The molecular weight excluding hydrogens is 227 g/mol. The van der Waals surface area contributed by atoms with Crippen LogP contribution < -0.4 is 5.32 Å². The smallest absolute Gasteiger partial charge is 0.225 e. The Balaban J connectivity index is 1.87. The van der Waals surface area contributed by atoms with Gasteiger partial charge in [-0.2, -0.15) is 0 Å². The minimum absolute atomic E-state index is 0.162. The van der Waals surface area contributed by atoms with Gasteiger partial charge in [-0.3, -0.25) is 0 Å². The Morgan fingerprint density at radius 2 is 2.31 bits per heavy atom. The number of benzene rings is 1. The molecule has 0 saturated heterocycles. The number of hydrogen-bond donors (Lipinski definition) is 1. The second-order valence-corrected chi connectivity index (χ2v) is 4.16. The quantitative estimate of drug-likeness (QED) is 0.885. The number of halogens is 1. The minimum Gasteiger partial charge on any atom is -0.359 e. The summed E-state index contributed by atoms with van der Waals surface area (Å²) in [7, 11) is 0. The fourth-order valence-electron chi connectivity index (χ4n) is 1.38. The first-order chi connectivity index (χ1) is 7.75. The maximum Gasteiger partial charge on any atom is 0.225 e. The number of aromatic nitrogens is 3. The third-order valence-electron chi connectivity index (χ3n) is 2.21. The van der Waals surface area contributed by atoms with Crippen molar-refractivity contribution in [2.45, 2.75) is 13.3 Å². The van der Waals surface area contributed by atoms with Crippen LogP contribution in [0.4, 0.5) is 9.52 Å². The van der Waals surface area contributed by atoms with Crippen molar-refractivity contribution in [3.05, 3.63) is 35.1 Å². The van der Waals surface area contributed by atoms with Crippen molar-refractivity contribution in [1.82, 2.24) is 14.8 Å². The molecule has 0 bridgehead atoms. The molecule has 84 valence electrons. The highest BCUT2D eigenvalue weighted by Gasteiger charge is 2.00. The normalized spacial score (nSPS) is 10.4. The molecule has 1 aromatic heterocycles. The second kappa shape index (κ2) is 4.98. The molecule has 0 aliphatic carbocycles. The number of anilines is 1. The first-order valence-corrected chi connectivity index (χ1v) is 5.67. The first kappa shape index (κ1) is 10.9. The zero-order valence-corrected chi connectivity index (χ0v) is 9.59. The minimum atomic E-state index is -0.162. The molecule has 0 unspecified atom stereocenters. The van der Waals surface area contributed by atoms with Crippen molar-refractivity contribution >= 4 is 16.7 Å². The largest absolute Gasteiger partial charge is 0.359 e. The van der Waals surface area contributed by atoms with Gasteiger partial charge < -0.3 is 5.32 Å². The van der Waals surface area contributed by atoms with E-state index in [0.717, 1.165) is 18.5 Å². The molecule has 0 amide bonds. The Hall–Kier alpha value is -1.56. The average molecular weight is 238 g/mol. The molecule has 1 N–H and O–H groups in total. The van der Waals surface area contributed by atoms with E-state index in [1.165, 1.54) is 17.6 Å². The molecule has 1 heterocycles. The predicted molar refractivity (Wildman–Crippen MR) is 61.0 cm³/mol. The first-order valence-electron chi connectivity index (χ1n) is 4.89. The fraction of sp³-hybridized carbons (Fsp3) is 0.300. The third-order valence-corrected chi connectivity index (χ3v) is 2.77. The van der Waals surface area contributed by atoms with Crippen molar-refractivity contribution in [3.63, 3.8) is 0 Å². The predicted octanol–water partition coefficient (Wildman–Crippen LogP) is 2.04. The lowest BCUT2D eigenvalue weighted by molar-refractivity contribution is 0.617. The molecule has 2 aromatic rings. The summed E-state index contributed by atoms with van der Waals surface area (Å²) in [5, 5.41) is 11.0. The zero-order valence-electron chi connectivity index (χ0n) is 8.77. The van der Waals surface area contributed by atoms with Gasteiger partial charge in [0.25, 0.3) is 0 Å². The van der Waals surface area contributed by atoms with E-state index in [9.17, 15) is 4.39 Å². The lowest BCUT2D eigenvalue weighted by Crippen LogP contribution is -2.04. The summed E-state index contributed by atoms with van der Waals surface area (Å²) >= 11 is 1.22. The Morgan fingerprint density at radius 1 is 1.44 bits per heavy atom. The number of hydrogen-bond acceptors (Lipinski definition) is 5. The lowest BCUT2D eigenvalue weighted by atomic mass is 10.1. The van der Waals surface area contributed by atoms with Crippen LogP contribution in [0.2, 0.25) is 0 Å². The van der Waals surface area contributed by atoms with E-state index in [1.807, 2.05) is 6.07 Å². The van der Waals surface area contributed by atoms with Crippen molar-refractivity contribution in [1.29, 1.82) is 0 Å². The fourth-order valence-corrected chi connectivity index (χ4v) is 1.77. The molecule has 0 atom stereocenters. The summed E-state index contributed by atoms with van der Waals surface area (Å²) in [5.74, 6) is -0.162. The Labute approximate surface area is 96.7 Å².